The lowest BCUT2D eigenvalue weighted by molar-refractivity contribution is 1.09. The Morgan fingerprint density at radius 3 is 3.00 bits per heavy atom. The first-order chi connectivity index (χ1) is 7.72. The topological polar surface area (TPSA) is 43.3 Å². The predicted molar refractivity (Wildman–Crippen MR) is 71.0 cm³/mol. The van der Waals surface area contributed by atoms with Gasteiger partial charge in [0.2, 0.25) is 0 Å². The molecule has 0 amide bonds. The van der Waals surface area contributed by atoms with Crippen LogP contribution in [-0.2, 0) is 6.42 Å². The van der Waals surface area contributed by atoms with Crippen LogP contribution in [0.1, 0.15) is 18.2 Å². The summed E-state index contributed by atoms with van der Waals surface area (Å²) >= 11 is 1.92. The molecule has 0 spiro atoms. The van der Waals surface area contributed by atoms with Gasteiger partial charge in [-0.1, -0.05) is 13.0 Å². The monoisotopic (exact) mass is 235 g/mol. The first-order valence-corrected chi connectivity index (χ1v) is 6.68. The maximum Gasteiger partial charge on any atom is 0.138 e. The fourth-order valence-corrected chi connectivity index (χ4v) is 2.34. The average molecular weight is 235 g/mol. The Morgan fingerprint density at radius 2 is 2.25 bits per heavy atom. The molecular formula is C12H17N3S. The molecule has 86 valence electrons. The lowest BCUT2D eigenvalue weighted by atomic mass is 10.3. The van der Waals surface area contributed by atoms with Crippen molar-refractivity contribution in [3.05, 3.63) is 29.6 Å². The zero-order valence-electron chi connectivity index (χ0n) is 9.73. The third-order valence-electron chi connectivity index (χ3n) is 2.57. The second-order valence-electron chi connectivity index (χ2n) is 3.83. The van der Waals surface area contributed by atoms with Gasteiger partial charge < -0.3 is 5.73 Å². The minimum Gasteiger partial charge on any atom is -0.383 e. The Labute approximate surface area is 100 Å². The largest absolute Gasteiger partial charge is 0.383 e. The molecule has 4 heteroatoms. The number of imidazole rings is 1. The lowest BCUT2D eigenvalue weighted by Gasteiger charge is -1.99. The van der Waals surface area contributed by atoms with E-state index in [1.54, 1.807) is 0 Å². The summed E-state index contributed by atoms with van der Waals surface area (Å²) in [6, 6.07) is 4.08. The number of nitrogens with zero attached hydrogens (tertiary/aromatic N) is 2. The van der Waals surface area contributed by atoms with Gasteiger partial charge in [-0.2, -0.15) is 11.8 Å². The van der Waals surface area contributed by atoms with E-state index in [1.807, 2.05) is 28.4 Å². The highest BCUT2D eigenvalue weighted by atomic mass is 32.2. The molecule has 2 aromatic heterocycles. The molecule has 0 fully saturated rings. The summed E-state index contributed by atoms with van der Waals surface area (Å²) in [6.45, 7) is 4.23. The molecule has 0 atom stereocenters. The molecule has 0 saturated carbocycles. The summed E-state index contributed by atoms with van der Waals surface area (Å²) < 4.78 is 1.97. The summed E-state index contributed by atoms with van der Waals surface area (Å²) in [4.78, 5) is 4.55. The van der Waals surface area contributed by atoms with E-state index in [0.717, 1.165) is 35.1 Å². The third-order valence-corrected chi connectivity index (χ3v) is 3.47. The van der Waals surface area contributed by atoms with Gasteiger partial charge in [0.15, 0.2) is 0 Å². The molecule has 0 aliphatic rings. The van der Waals surface area contributed by atoms with Gasteiger partial charge in [0.25, 0.3) is 0 Å². The van der Waals surface area contributed by atoms with Gasteiger partial charge in [-0.25, -0.2) is 4.98 Å². The van der Waals surface area contributed by atoms with Gasteiger partial charge in [-0.15, -0.1) is 0 Å². The number of aryl methyl sites for hydroxylation is 2. The van der Waals surface area contributed by atoms with E-state index in [1.165, 1.54) is 5.56 Å². The molecule has 0 radical (unpaired) electrons. The van der Waals surface area contributed by atoms with E-state index in [9.17, 15) is 0 Å². The van der Waals surface area contributed by atoms with Crippen molar-refractivity contribution in [2.24, 2.45) is 0 Å². The van der Waals surface area contributed by atoms with Gasteiger partial charge in [0.1, 0.15) is 11.5 Å². The first-order valence-electron chi connectivity index (χ1n) is 5.53. The molecule has 0 aliphatic carbocycles. The van der Waals surface area contributed by atoms with Crippen molar-refractivity contribution in [3.8, 4) is 0 Å². The van der Waals surface area contributed by atoms with E-state index in [4.69, 9.17) is 5.73 Å². The summed E-state index contributed by atoms with van der Waals surface area (Å²) in [5, 5.41) is 0. The van der Waals surface area contributed by atoms with Crippen molar-refractivity contribution in [1.29, 1.82) is 0 Å². The molecule has 2 aromatic rings. The van der Waals surface area contributed by atoms with Crippen LogP contribution in [0.25, 0.3) is 5.65 Å². The number of fused-ring (bicyclic) bond motifs is 1. The molecule has 0 unspecified atom stereocenters. The molecule has 2 heterocycles. The molecule has 3 nitrogen and oxygen atoms in total. The molecule has 0 aliphatic heterocycles. The van der Waals surface area contributed by atoms with Crippen LogP contribution in [-0.4, -0.2) is 20.9 Å². The molecule has 2 N–H and O–H groups in total. The zero-order chi connectivity index (χ0) is 11.5. The quantitative estimate of drug-likeness (QED) is 0.828. The average Bonchev–Trinajstić information content (AvgIpc) is 2.57. The SMILES string of the molecule is CCSCCc1nc2ccc(C)cn2c1N. The molecule has 2 rings (SSSR count). The van der Waals surface area contributed by atoms with Crippen LogP contribution in [0, 0.1) is 6.92 Å². The summed E-state index contributed by atoms with van der Waals surface area (Å²) in [5.41, 5.74) is 9.25. The molecular weight excluding hydrogens is 218 g/mol. The van der Waals surface area contributed by atoms with Crippen molar-refractivity contribution in [2.45, 2.75) is 20.3 Å². The highest BCUT2D eigenvalue weighted by molar-refractivity contribution is 7.99. The van der Waals surface area contributed by atoms with Crippen LogP contribution < -0.4 is 5.73 Å². The van der Waals surface area contributed by atoms with Gasteiger partial charge in [-0.3, -0.25) is 4.40 Å². The first kappa shape index (κ1) is 11.3. The molecule has 16 heavy (non-hydrogen) atoms. The lowest BCUT2D eigenvalue weighted by Crippen LogP contribution is -1.98. The fourth-order valence-electron chi connectivity index (χ4n) is 1.71. The van der Waals surface area contributed by atoms with Gasteiger partial charge in [0, 0.05) is 12.6 Å². The minimum atomic E-state index is 0.787. The van der Waals surface area contributed by atoms with Crippen LogP contribution in [0.15, 0.2) is 18.3 Å². The third kappa shape index (κ3) is 2.16. The summed E-state index contributed by atoms with van der Waals surface area (Å²) in [6.07, 6.45) is 2.99. The normalized spacial score (nSPS) is 11.1. The number of aromatic nitrogens is 2. The highest BCUT2D eigenvalue weighted by Crippen LogP contribution is 2.17. The second-order valence-corrected chi connectivity index (χ2v) is 5.22. The minimum absolute atomic E-state index is 0.787. The Bertz CT molecular complexity index is 490. The predicted octanol–water partition coefficient (Wildman–Crippen LogP) is 2.52. The van der Waals surface area contributed by atoms with Crippen LogP contribution in [0.5, 0.6) is 0 Å². The fraction of sp³-hybridized carbons (Fsp3) is 0.417. The van der Waals surface area contributed by atoms with E-state index >= 15 is 0 Å². The maximum absolute atomic E-state index is 6.08. The van der Waals surface area contributed by atoms with E-state index in [-0.39, 0.29) is 0 Å². The Hall–Kier alpha value is -1.16. The zero-order valence-corrected chi connectivity index (χ0v) is 10.5. The molecule has 0 aromatic carbocycles. The number of nitrogen functional groups attached to an aromatic ring is 1. The van der Waals surface area contributed by atoms with E-state index < -0.39 is 0 Å². The Kier molecular flexibility index (Phi) is 3.39. The number of thioether (sulfide) groups is 1. The summed E-state index contributed by atoms with van der Waals surface area (Å²) in [5.74, 6) is 3.02. The molecule has 0 bridgehead atoms. The van der Waals surface area contributed by atoms with E-state index in [2.05, 4.69) is 24.9 Å². The standard InChI is InChI=1S/C12H17N3S/c1-3-16-7-6-10-12(13)15-8-9(2)4-5-11(15)14-10/h4-5,8H,3,6-7,13H2,1-2H3. The van der Waals surface area contributed by atoms with Gasteiger partial charge >= 0.3 is 0 Å². The van der Waals surface area contributed by atoms with Crippen LogP contribution in [0.3, 0.4) is 0 Å². The Balaban J connectivity index is 2.29. The van der Waals surface area contributed by atoms with Crippen molar-refractivity contribution in [2.75, 3.05) is 17.2 Å². The van der Waals surface area contributed by atoms with Gasteiger partial charge in [-0.05, 0) is 30.1 Å². The highest BCUT2D eigenvalue weighted by Gasteiger charge is 2.08. The van der Waals surface area contributed by atoms with Crippen LogP contribution in [0.2, 0.25) is 0 Å². The maximum atomic E-state index is 6.08. The van der Waals surface area contributed by atoms with E-state index in [0.29, 0.717) is 0 Å². The number of hydrogen-bond acceptors (Lipinski definition) is 3. The number of rotatable bonds is 4. The molecule has 0 saturated heterocycles. The van der Waals surface area contributed by atoms with Gasteiger partial charge in [0.05, 0.1) is 5.69 Å². The smallest absolute Gasteiger partial charge is 0.138 e. The van der Waals surface area contributed by atoms with Crippen molar-refractivity contribution in [3.63, 3.8) is 0 Å². The van der Waals surface area contributed by atoms with Crippen LogP contribution in [0.4, 0.5) is 5.82 Å². The number of hydrogen-bond donors (Lipinski definition) is 1. The number of anilines is 1. The van der Waals surface area contributed by atoms with Crippen LogP contribution >= 0.6 is 11.8 Å². The van der Waals surface area contributed by atoms with Crippen molar-refractivity contribution in [1.82, 2.24) is 9.38 Å². The van der Waals surface area contributed by atoms with Crippen molar-refractivity contribution < 1.29 is 0 Å². The number of pyridine rings is 1. The Morgan fingerprint density at radius 1 is 1.44 bits per heavy atom. The number of nitrogens with two attached hydrogens (primary N) is 1. The van der Waals surface area contributed by atoms with Crippen molar-refractivity contribution >= 4 is 23.2 Å². The summed E-state index contributed by atoms with van der Waals surface area (Å²) in [7, 11) is 0. The second kappa shape index (κ2) is 4.78.